The van der Waals surface area contributed by atoms with Crippen LogP contribution >= 0.6 is 0 Å². The summed E-state index contributed by atoms with van der Waals surface area (Å²) in [5, 5.41) is 0. The first kappa shape index (κ1) is 26.1. The molecule has 184 valence electrons. The number of rotatable bonds is 6. The SMILES string of the molecule is CCOC(=O)C1CCCCN1c1ccccc1.c1cc[c]([Bi]([c]2ccccc2)[c]2ccccc2)cc1. The summed E-state index contributed by atoms with van der Waals surface area (Å²) < 4.78 is 9.76. The number of esters is 1. The van der Waals surface area contributed by atoms with Gasteiger partial charge in [0.15, 0.2) is 0 Å². The van der Waals surface area contributed by atoms with E-state index in [1.54, 1.807) is 0 Å². The van der Waals surface area contributed by atoms with Crippen LogP contribution in [0, 0.1) is 0 Å². The van der Waals surface area contributed by atoms with Crippen molar-refractivity contribution in [3.05, 3.63) is 121 Å². The second-order valence-electron chi connectivity index (χ2n) is 8.63. The number of para-hydroxylation sites is 1. The standard InChI is InChI=1S/C14H19NO2.3C6H5.Bi/c1-2-17-14(16)13-10-6-7-11-15(13)12-8-4-3-5-9-12;3*1-2-4-6-5-3-1;/h3-5,8-9,13H,2,6-7,10-11H2,1H3;3*1-5H;. The van der Waals surface area contributed by atoms with Crippen LogP contribution in [0.5, 0.6) is 0 Å². The van der Waals surface area contributed by atoms with Crippen LogP contribution in [0.2, 0.25) is 0 Å². The number of hydrogen-bond donors (Lipinski definition) is 0. The molecule has 0 spiro atoms. The third kappa shape index (κ3) is 7.05. The van der Waals surface area contributed by atoms with Crippen molar-refractivity contribution < 1.29 is 9.53 Å². The van der Waals surface area contributed by atoms with Gasteiger partial charge < -0.3 is 9.64 Å². The molecule has 1 heterocycles. The van der Waals surface area contributed by atoms with Crippen LogP contribution in [0.25, 0.3) is 0 Å². The number of piperidine rings is 1. The first-order valence-corrected chi connectivity index (χ1v) is 17.9. The van der Waals surface area contributed by atoms with E-state index in [0.717, 1.165) is 31.5 Å². The molecule has 4 heteroatoms. The Kier molecular flexibility index (Phi) is 10.1. The second-order valence-corrected chi connectivity index (χ2v) is 17.3. The molecule has 0 N–H and O–H groups in total. The summed E-state index contributed by atoms with van der Waals surface area (Å²) >= 11 is -2.06. The molecule has 0 aliphatic carbocycles. The first-order valence-electron chi connectivity index (χ1n) is 12.7. The second kappa shape index (κ2) is 13.9. The van der Waals surface area contributed by atoms with E-state index in [9.17, 15) is 4.79 Å². The fourth-order valence-electron chi connectivity index (χ4n) is 4.52. The van der Waals surface area contributed by atoms with Crippen molar-refractivity contribution in [1.82, 2.24) is 0 Å². The van der Waals surface area contributed by atoms with Crippen molar-refractivity contribution in [1.29, 1.82) is 0 Å². The number of carbonyl (C=O) groups excluding carboxylic acids is 1. The van der Waals surface area contributed by atoms with E-state index in [1.165, 1.54) is 9.81 Å². The van der Waals surface area contributed by atoms with Crippen molar-refractivity contribution in [2.24, 2.45) is 0 Å². The summed E-state index contributed by atoms with van der Waals surface area (Å²) in [5.74, 6) is -0.0870. The topological polar surface area (TPSA) is 29.5 Å². The number of nitrogens with zero attached hydrogens (tertiary/aromatic N) is 1. The van der Waals surface area contributed by atoms with Gasteiger partial charge in [-0.25, -0.2) is 4.79 Å². The van der Waals surface area contributed by atoms with Gasteiger partial charge in [0.25, 0.3) is 0 Å². The van der Waals surface area contributed by atoms with Crippen LogP contribution in [0.4, 0.5) is 5.69 Å². The molecule has 1 atom stereocenters. The molecule has 1 aliphatic heterocycles. The number of anilines is 1. The molecule has 1 fully saturated rings. The molecule has 4 aromatic carbocycles. The van der Waals surface area contributed by atoms with Gasteiger partial charge in [-0.1, -0.05) is 18.2 Å². The van der Waals surface area contributed by atoms with Crippen molar-refractivity contribution in [3.63, 3.8) is 0 Å². The third-order valence-corrected chi connectivity index (χ3v) is 15.7. The van der Waals surface area contributed by atoms with Crippen molar-refractivity contribution in [3.8, 4) is 0 Å². The Labute approximate surface area is 223 Å². The molecule has 1 unspecified atom stereocenters. The minimum absolute atomic E-state index is 0.0870. The average molecular weight is 674 g/mol. The molecule has 4 aromatic rings. The zero-order valence-corrected chi connectivity index (χ0v) is 24.3. The molecular weight excluding hydrogens is 639 g/mol. The van der Waals surface area contributed by atoms with E-state index in [-0.39, 0.29) is 12.0 Å². The molecule has 0 amide bonds. The summed E-state index contributed by atoms with van der Waals surface area (Å²) in [5.41, 5.74) is 1.12. The molecule has 0 bridgehead atoms. The van der Waals surface area contributed by atoms with Gasteiger partial charge in [0, 0.05) is 12.2 Å². The molecule has 0 aromatic heterocycles. The van der Waals surface area contributed by atoms with Crippen LogP contribution < -0.4 is 14.7 Å². The normalized spacial score (nSPS) is 15.1. The number of hydrogen-bond acceptors (Lipinski definition) is 3. The number of carbonyl (C=O) groups is 1. The van der Waals surface area contributed by atoms with Gasteiger partial charge in [0.1, 0.15) is 6.04 Å². The van der Waals surface area contributed by atoms with Crippen LogP contribution in [0.3, 0.4) is 0 Å². The molecule has 0 radical (unpaired) electrons. The molecule has 1 saturated heterocycles. The van der Waals surface area contributed by atoms with Gasteiger partial charge in [0.2, 0.25) is 0 Å². The number of ether oxygens (including phenoxy) is 1. The van der Waals surface area contributed by atoms with E-state index < -0.39 is 21.8 Å². The minimum atomic E-state index is -2.06. The van der Waals surface area contributed by atoms with Gasteiger partial charge >= 0.3 is 129 Å². The Bertz CT molecular complexity index is 1080. The van der Waals surface area contributed by atoms with E-state index in [1.807, 2.05) is 25.1 Å². The zero-order valence-electron chi connectivity index (χ0n) is 20.9. The van der Waals surface area contributed by atoms with Crippen LogP contribution in [0.15, 0.2) is 121 Å². The van der Waals surface area contributed by atoms with Gasteiger partial charge in [-0.2, -0.15) is 0 Å². The zero-order chi connectivity index (χ0) is 25.0. The molecule has 3 nitrogen and oxygen atoms in total. The Hall–Kier alpha value is -2.97. The maximum absolute atomic E-state index is 11.9. The van der Waals surface area contributed by atoms with Crippen LogP contribution in [-0.4, -0.2) is 46.9 Å². The summed E-state index contributed by atoms with van der Waals surface area (Å²) in [6, 6.07) is 43.0. The Morgan fingerprint density at radius 1 is 0.722 bits per heavy atom. The molecule has 1 aliphatic rings. The summed E-state index contributed by atoms with van der Waals surface area (Å²) in [6.45, 7) is 3.25. The van der Waals surface area contributed by atoms with E-state index in [4.69, 9.17) is 4.74 Å². The number of benzene rings is 4. The van der Waals surface area contributed by atoms with Gasteiger partial charge in [0.05, 0.1) is 6.61 Å². The molecule has 5 rings (SSSR count). The summed E-state index contributed by atoms with van der Waals surface area (Å²) in [7, 11) is 0. The van der Waals surface area contributed by atoms with Gasteiger partial charge in [-0.05, 0) is 38.3 Å². The maximum atomic E-state index is 11.9. The van der Waals surface area contributed by atoms with E-state index in [0.29, 0.717) is 6.61 Å². The molecular formula is C32H34BiNO2. The fraction of sp³-hybridized carbons (Fsp3) is 0.219. The summed E-state index contributed by atoms with van der Waals surface area (Å²) in [4.78, 5) is 14.1. The average Bonchev–Trinajstić information content (AvgIpc) is 2.96. The van der Waals surface area contributed by atoms with Crippen molar-refractivity contribution >= 4 is 43.2 Å². The first-order chi connectivity index (χ1) is 17.8. The quantitative estimate of drug-likeness (QED) is 0.218. The predicted octanol–water partition coefficient (Wildman–Crippen LogP) is 4.81. The van der Waals surface area contributed by atoms with Crippen molar-refractivity contribution in [2.75, 3.05) is 18.1 Å². The molecule has 36 heavy (non-hydrogen) atoms. The van der Waals surface area contributed by atoms with Crippen molar-refractivity contribution in [2.45, 2.75) is 32.2 Å². The van der Waals surface area contributed by atoms with E-state index in [2.05, 4.69) is 108 Å². The van der Waals surface area contributed by atoms with E-state index >= 15 is 0 Å². The predicted molar refractivity (Wildman–Crippen MR) is 152 cm³/mol. The Morgan fingerprint density at radius 3 is 1.61 bits per heavy atom. The van der Waals surface area contributed by atoms with Crippen LogP contribution in [0.1, 0.15) is 26.2 Å². The summed E-state index contributed by atoms with van der Waals surface area (Å²) in [6.07, 6.45) is 3.14. The Balaban J connectivity index is 0.000000170. The Morgan fingerprint density at radius 2 is 1.17 bits per heavy atom. The van der Waals surface area contributed by atoms with Gasteiger partial charge in [-0.3, -0.25) is 0 Å². The molecule has 0 saturated carbocycles. The third-order valence-electron chi connectivity index (χ3n) is 6.19. The monoisotopic (exact) mass is 673 g/mol. The van der Waals surface area contributed by atoms with Gasteiger partial charge in [-0.15, -0.1) is 0 Å². The fourth-order valence-corrected chi connectivity index (χ4v) is 13.5. The van der Waals surface area contributed by atoms with Crippen LogP contribution in [-0.2, 0) is 9.53 Å².